The molecule has 3 aromatic rings. The van der Waals surface area contributed by atoms with Crippen molar-refractivity contribution < 1.29 is 13.2 Å². The third kappa shape index (κ3) is 4.30. The maximum absolute atomic E-state index is 13.2. The van der Waals surface area contributed by atoms with Gasteiger partial charge in [0.1, 0.15) is 0 Å². The van der Waals surface area contributed by atoms with E-state index >= 15 is 0 Å². The van der Waals surface area contributed by atoms with E-state index in [4.69, 9.17) is 11.6 Å². The van der Waals surface area contributed by atoms with Gasteiger partial charge in [-0.2, -0.15) is 4.31 Å². The van der Waals surface area contributed by atoms with Crippen molar-refractivity contribution in [2.45, 2.75) is 25.7 Å². The molecule has 0 aliphatic heterocycles. The van der Waals surface area contributed by atoms with Crippen LogP contribution in [0, 0.1) is 0 Å². The first-order valence-corrected chi connectivity index (χ1v) is 11.9. The molecule has 0 N–H and O–H groups in total. The molecule has 0 spiro atoms. The molecule has 6 nitrogen and oxygen atoms in total. The van der Waals surface area contributed by atoms with E-state index < -0.39 is 10.0 Å². The average Bonchev–Trinajstić information content (AvgIpc) is 3.12. The number of benzene rings is 2. The van der Waals surface area contributed by atoms with E-state index in [1.807, 2.05) is 13.0 Å². The molecule has 3 rings (SSSR count). The number of hydrogen-bond donors (Lipinski definition) is 0. The van der Waals surface area contributed by atoms with Crippen LogP contribution in [0.1, 0.15) is 31.1 Å². The molecule has 9 heteroatoms. The second-order valence-electron chi connectivity index (χ2n) is 6.28. The number of thiazole rings is 1. The van der Waals surface area contributed by atoms with Crippen LogP contribution in [0.15, 0.2) is 47.4 Å². The lowest BCUT2D eigenvalue weighted by Gasteiger charge is -2.20. The Bertz CT molecular complexity index is 1140. The molecule has 0 radical (unpaired) electrons. The molecule has 2 aromatic carbocycles. The number of aromatic nitrogens is 1. The second-order valence-corrected chi connectivity index (χ2v) is 9.66. The van der Waals surface area contributed by atoms with Gasteiger partial charge in [0.05, 0.1) is 15.1 Å². The predicted molar refractivity (Wildman–Crippen MR) is 119 cm³/mol. The number of carbonyl (C=O) groups excluding carboxylic acids is 1. The smallest absolute Gasteiger partial charge is 0.260 e. The molecule has 0 aliphatic carbocycles. The minimum Gasteiger partial charge on any atom is -0.284 e. The number of sulfonamides is 1. The summed E-state index contributed by atoms with van der Waals surface area (Å²) in [6.07, 6.45) is 0. The van der Waals surface area contributed by atoms with E-state index in [2.05, 4.69) is 4.98 Å². The maximum atomic E-state index is 13.2. The normalized spacial score (nSPS) is 11.9. The highest BCUT2D eigenvalue weighted by molar-refractivity contribution is 7.89. The average molecular weight is 452 g/mol. The van der Waals surface area contributed by atoms with Crippen molar-refractivity contribution in [3.63, 3.8) is 0 Å². The molecular formula is C20H22ClN3O3S2. The fourth-order valence-electron chi connectivity index (χ4n) is 3.03. The van der Waals surface area contributed by atoms with Crippen molar-refractivity contribution in [1.29, 1.82) is 0 Å². The van der Waals surface area contributed by atoms with Gasteiger partial charge in [-0.1, -0.05) is 42.9 Å². The highest BCUT2D eigenvalue weighted by atomic mass is 35.5. The van der Waals surface area contributed by atoms with E-state index in [1.54, 1.807) is 43.0 Å². The molecule has 29 heavy (non-hydrogen) atoms. The Morgan fingerprint density at radius 2 is 1.79 bits per heavy atom. The molecule has 0 bridgehead atoms. The zero-order valence-electron chi connectivity index (χ0n) is 16.4. The first kappa shape index (κ1) is 21.7. The van der Waals surface area contributed by atoms with Crippen molar-refractivity contribution in [1.82, 2.24) is 9.29 Å². The molecule has 0 aliphatic rings. The Hall–Kier alpha value is -2.00. The number of hydrogen-bond acceptors (Lipinski definition) is 5. The van der Waals surface area contributed by atoms with Gasteiger partial charge in [-0.15, -0.1) is 0 Å². The van der Waals surface area contributed by atoms with Gasteiger partial charge in [0.15, 0.2) is 5.13 Å². The van der Waals surface area contributed by atoms with Crippen molar-refractivity contribution in [3.8, 4) is 0 Å². The summed E-state index contributed by atoms with van der Waals surface area (Å²) in [4.78, 5) is 19.3. The van der Waals surface area contributed by atoms with Crippen molar-refractivity contribution in [2.24, 2.45) is 0 Å². The van der Waals surface area contributed by atoms with Crippen LogP contribution in [0.25, 0.3) is 10.2 Å². The number of nitrogens with zero attached hydrogens (tertiary/aromatic N) is 3. The predicted octanol–water partition coefficient (Wildman–Crippen LogP) is 4.65. The van der Waals surface area contributed by atoms with Crippen LogP contribution in [0.2, 0.25) is 5.02 Å². The van der Waals surface area contributed by atoms with Gasteiger partial charge in [0.2, 0.25) is 10.0 Å². The Morgan fingerprint density at radius 3 is 2.45 bits per heavy atom. The molecule has 0 saturated heterocycles. The van der Waals surface area contributed by atoms with Gasteiger partial charge in [0.25, 0.3) is 5.91 Å². The summed E-state index contributed by atoms with van der Waals surface area (Å²) in [5.41, 5.74) is 1.03. The van der Waals surface area contributed by atoms with Crippen molar-refractivity contribution >= 4 is 54.2 Å². The SMILES string of the molecule is CCN(C(=O)c1cccc(S(=O)(=O)N(CC)CC)c1)c1nc2cc(Cl)ccc2s1. The lowest BCUT2D eigenvalue weighted by molar-refractivity contribution is 0.0988. The van der Waals surface area contributed by atoms with Gasteiger partial charge in [-0.25, -0.2) is 13.4 Å². The minimum atomic E-state index is -3.64. The number of anilines is 1. The largest absolute Gasteiger partial charge is 0.284 e. The fourth-order valence-corrected chi connectivity index (χ4v) is 5.71. The molecule has 0 fully saturated rings. The summed E-state index contributed by atoms with van der Waals surface area (Å²) >= 11 is 7.42. The zero-order chi connectivity index (χ0) is 21.2. The molecular weight excluding hydrogens is 430 g/mol. The minimum absolute atomic E-state index is 0.110. The van der Waals surface area contributed by atoms with E-state index in [0.717, 1.165) is 10.2 Å². The first-order chi connectivity index (χ1) is 13.8. The van der Waals surface area contributed by atoms with Gasteiger partial charge >= 0.3 is 0 Å². The number of fused-ring (bicyclic) bond motifs is 1. The van der Waals surface area contributed by atoms with Crippen LogP contribution in [-0.2, 0) is 10.0 Å². The van der Waals surface area contributed by atoms with E-state index in [0.29, 0.717) is 35.4 Å². The lowest BCUT2D eigenvalue weighted by atomic mass is 10.2. The number of halogens is 1. The number of carbonyl (C=O) groups is 1. The standard InChI is InChI=1S/C20H22ClN3O3S2/c1-4-23(5-2)29(26,27)16-9-7-8-14(12-16)19(25)24(6-3)20-22-17-13-15(21)10-11-18(17)28-20/h7-13H,4-6H2,1-3H3. The number of amides is 1. The Kier molecular flexibility index (Phi) is 6.58. The van der Waals surface area contributed by atoms with Crippen LogP contribution >= 0.6 is 22.9 Å². The molecule has 0 unspecified atom stereocenters. The van der Waals surface area contributed by atoms with E-state index in [9.17, 15) is 13.2 Å². The van der Waals surface area contributed by atoms with Gasteiger partial charge in [0, 0.05) is 30.2 Å². The molecule has 1 aromatic heterocycles. The van der Waals surface area contributed by atoms with Crippen LogP contribution in [0.3, 0.4) is 0 Å². The third-order valence-corrected chi connectivity index (χ3v) is 7.90. The van der Waals surface area contributed by atoms with Crippen LogP contribution in [0.5, 0.6) is 0 Å². The van der Waals surface area contributed by atoms with E-state index in [-0.39, 0.29) is 10.8 Å². The highest BCUT2D eigenvalue weighted by Gasteiger charge is 2.25. The topological polar surface area (TPSA) is 70.6 Å². The Balaban J connectivity index is 1.97. The molecule has 0 saturated carbocycles. The molecule has 1 heterocycles. The second kappa shape index (κ2) is 8.79. The Labute approximate surface area is 179 Å². The van der Waals surface area contributed by atoms with Crippen molar-refractivity contribution in [2.75, 3.05) is 24.5 Å². The molecule has 0 atom stereocenters. The summed E-state index contributed by atoms with van der Waals surface area (Å²) in [7, 11) is -3.64. The lowest BCUT2D eigenvalue weighted by Crippen LogP contribution is -2.32. The van der Waals surface area contributed by atoms with Crippen LogP contribution < -0.4 is 4.90 Å². The van der Waals surface area contributed by atoms with Crippen LogP contribution in [0.4, 0.5) is 5.13 Å². The summed E-state index contributed by atoms with van der Waals surface area (Å²) in [5.74, 6) is -0.297. The van der Waals surface area contributed by atoms with Gasteiger partial charge < -0.3 is 0 Å². The summed E-state index contributed by atoms with van der Waals surface area (Å²) in [6, 6.07) is 11.6. The monoisotopic (exact) mass is 451 g/mol. The highest BCUT2D eigenvalue weighted by Crippen LogP contribution is 2.31. The third-order valence-electron chi connectivity index (χ3n) is 4.55. The van der Waals surface area contributed by atoms with Gasteiger partial charge in [-0.05, 0) is 43.3 Å². The number of rotatable bonds is 7. The summed E-state index contributed by atoms with van der Waals surface area (Å²) < 4.78 is 27.9. The molecule has 154 valence electrons. The fraction of sp³-hybridized carbons (Fsp3) is 0.300. The summed E-state index contributed by atoms with van der Waals surface area (Å²) in [6.45, 7) is 6.56. The summed E-state index contributed by atoms with van der Waals surface area (Å²) in [5, 5.41) is 1.13. The zero-order valence-corrected chi connectivity index (χ0v) is 18.8. The van der Waals surface area contributed by atoms with Crippen molar-refractivity contribution in [3.05, 3.63) is 53.1 Å². The molecule has 1 amide bonds. The quantitative estimate of drug-likeness (QED) is 0.524. The maximum Gasteiger partial charge on any atom is 0.260 e. The van der Waals surface area contributed by atoms with Gasteiger partial charge in [-0.3, -0.25) is 9.69 Å². The van der Waals surface area contributed by atoms with E-state index in [1.165, 1.54) is 27.8 Å². The Morgan fingerprint density at radius 1 is 1.07 bits per heavy atom. The first-order valence-electron chi connectivity index (χ1n) is 9.30. The van der Waals surface area contributed by atoms with Crippen LogP contribution in [-0.4, -0.2) is 43.2 Å².